The van der Waals surface area contributed by atoms with Crippen LogP contribution in [0.4, 0.5) is 5.69 Å². The van der Waals surface area contributed by atoms with Crippen LogP contribution in [0, 0.1) is 10.1 Å². The van der Waals surface area contributed by atoms with Crippen LogP contribution >= 0.6 is 0 Å². The summed E-state index contributed by atoms with van der Waals surface area (Å²) in [5, 5.41) is 22.5. The van der Waals surface area contributed by atoms with E-state index in [9.17, 15) is 14.9 Å². The van der Waals surface area contributed by atoms with E-state index in [1.165, 1.54) is 25.3 Å². The molecular formula is C13H18N2O5. The normalized spacial score (nSPS) is 11.8. The number of ether oxygens (including phenoxy) is 1. The Morgan fingerprint density at radius 3 is 2.80 bits per heavy atom. The van der Waals surface area contributed by atoms with E-state index in [0.29, 0.717) is 19.4 Å². The first-order valence-corrected chi connectivity index (χ1v) is 6.24. The fourth-order valence-corrected chi connectivity index (χ4v) is 1.68. The number of nitro benzene ring substituents is 1. The van der Waals surface area contributed by atoms with Gasteiger partial charge >= 0.3 is 0 Å². The highest BCUT2D eigenvalue weighted by molar-refractivity contribution is 5.97. The third-order valence-electron chi connectivity index (χ3n) is 2.72. The van der Waals surface area contributed by atoms with Gasteiger partial charge < -0.3 is 15.2 Å². The molecule has 7 nitrogen and oxygen atoms in total. The van der Waals surface area contributed by atoms with Gasteiger partial charge in [-0.3, -0.25) is 14.9 Å². The van der Waals surface area contributed by atoms with Crippen LogP contribution < -0.4 is 10.1 Å². The molecule has 0 fully saturated rings. The molecule has 0 spiro atoms. The van der Waals surface area contributed by atoms with E-state index in [0.717, 1.165) is 0 Å². The monoisotopic (exact) mass is 282 g/mol. The number of hydrogen-bond donors (Lipinski definition) is 2. The maximum atomic E-state index is 12.0. The summed E-state index contributed by atoms with van der Waals surface area (Å²) < 4.78 is 5.02. The summed E-state index contributed by atoms with van der Waals surface area (Å²) in [6.45, 7) is 2.06. The van der Waals surface area contributed by atoms with Crippen LogP contribution in [0.5, 0.6) is 5.75 Å². The lowest BCUT2D eigenvalue weighted by molar-refractivity contribution is -0.384. The zero-order valence-corrected chi connectivity index (χ0v) is 11.5. The molecule has 1 aromatic carbocycles. The predicted octanol–water partition coefficient (Wildman–Crippen LogP) is 1.49. The van der Waals surface area contributed by atoms with Gasteiger partial charge in [0.15, 0.2) is 0 Å². The van der Waals surface area contributed by atoms with Crippen molar-refractivity contribution in [2.75, 3.05) is 13.7 Å². The van der Waals surface area contributed by atoms with Gasteiger partial charge in [-0.2, -0.15) is 0 Å². The van der Waals surface area contributed by atoms with E-state index in [1.54, 1.807) is 6.92 Å². The fourth-order valence-electron chi connectivity index (χ4n) is 1.68. The van der Waals surface area contributed by atoms with Crippen molar-refractivity contribution >= 4 is 11.6 Å². The van der Waals surface area contributed by atoms with Crippen LogP contribution in [0.1, 0.15) is 30.1 Å². The number of nitrogens with zero attached hydrogens (tertiary/aromatic N) is 1. The molecule has 1 atom stereocenters. The molecule has 0 aliphatic rings. The highest BCUT2D eigenvalue weighted by atomic mass is 16.6. The molecule has 20 heavy (non-hydrogen) atoms. The van der Waals surface area contributed by atoms with Gasteiger partial charge in [0.05, 0.1) is 23.7 Å². The predicted molar refractivity (Wildman–Crippen MR) is 72.9 cm³/mol. The Bertz CT molecular complexity index is 488. The Balaban J connectivity index is 2.74. The number of aliphatic hydroxyl groups is 1. The molecule has 1 rings (SSSR count). The number of hydrogen-bond acceptors (Lipinski definition) is 5. The molecule has 1 amide bonds. The van der Waals surface area contributed by atoms with Crippen LogP contribution in [0.2, 0.25) is 0 Å². The number of rotatable bonds is 7. The molecular weight excluding hydrogens is 264 g/mol. The molecule has 1 unspecified atom stereocenters. The number of benzene rings is 1. The van der Waals surface area contributed by atoms with Crippen molar-refractivity contribution in [3.63, 3.8) is 0 Å². The van der Waals surface area contributed by atoms with E-state index in [1.807, 2.05) is 0 Å². The number of methoxy groups -OCH3 is 1. The number of carbonyl (C=O) groups excluding carboxylic acids is 1. The topological polar surface area (TPSA) is 102 Å². The van der Waals surface area contributed by atoms with Crippen molar-refractivity contribution in [1.29, 1.82) is 0 Å². The van der Waals surface area contributed by atoms with Gasteiger partial charge in [0.2, 0.25) is 0 Å². The average molecular weight is 282 g/mol. The van der Waals surface area contributed by atoms with Crippen molar-refractivity contribution in [3.8, 4) is 5.75 Å². The summed E-state index contributed by atoms with van der Waals surface area (Å²) in [4.78, 5) is 22.1. The second-order valence-electron chi connectivity index (χ2n) is 4.39. The Kier molecular flexibility index (Phi) is 5.92. The lowest BCUT2D eigenvalue weighted by atomic mass is 10.1. The maximum Gasteiger partial charge on any atom is 0.270 e. The van der Waals surface area contributed by atoms with E-state index in [4.69, 9.17) is 9.84 Å². The molecule has 0 saturated carbocycles. The van der Waals surface area contributed by atoms with E-state index >= 15 is 0 Å². The van der Waals surface area contributed by atoms with Gasteiger partial charge in [-0.1, -0.05) is 0 Å². The second kappa shape index (κ2) is 7.44. The number of amides is 1. The fraction of sp³-hybridized carbons (Fsp3) is 0.462. The Hall–Kier alpha value is -2.15. The number of aliphatic hydroxyl groups excluding tert-OH is 1. The van der Waals surface area contributed by atoms with E-state index in [2.05, 4.69) is 5.32 Å². The second-order valence-corrected chi connectivity index (χ2v) is 4.39. The van der Waals surface area contributed by atoms with Crippen molar-refractivity contribution in [2.24, 2.45) is 0 Å². The SMILES string of the molecule is COc1ccc([N+](=O)[O-])cc1C(=O)NCCCC(C)O. The van der Waals surface area contributed by atoms with Crippen molar-refractivity contribution in [2.45, 2.75) is 25.9 Å². The molecule has 0 bridgehead atoms. The Morgan fingerprint density at radius 2 is 2.25 bits per heavy atom. The zero-order valence-electron chi connectivity index (χ0n) is 11.5. The van der Waals surface area contributed by atoms with Gasteiger partial charge in [-0.15, -0.1) is 0 Å². The smallest absolute Gasteiger partial charge is 0.270 e. The van der Waals surface area contributed by atoms with Crippen molar-refractivity contribution in [3.05, 3.63) is 33.9 Å². The molecule has 0 radical (unpaired) electrons. The summed E-state index contributed by atoms with van der Waals surface area (Å²) >= 11 is 0. The lowest BCUT2D eigenvalue weighted by Crippen LogP contribution is -2.25. The molecule has 7 heteroatoms. The largest absolute Gasteiger partial charge is 0.496 e. The highest BCUT2D eigenvalue weighted by Crippen LogP contribution is 2.23. The van der Waals surface area contributed by atoms with Gasteiger partial charge in [0.1, 0.15) is 5.75 Å². The first-order chi connectivity index (χ1) is 9.45. The number of non-ortho nitro benzene ring substituents is 1. The lowest BCUT2D eigenvalue weighted by Gasteiger charge is -2.09. The molecule has 0 heterocycles. The number of nitro groups is 1. The Labute approximate surface area is 116 Å². The van der Waals surface area contributed by atoms with Crippen LogP contribution in [0.3, 0.4) is 0 Å². The standard InChI is InChI=1S/C13H18N2O5/c1-9(16)4-3-7-14-13(17)11-8-10(15(18)19)5-6-12(11)20-2/h5-6,8-9,16H,3-4,7H2,1-2H3,(H,14,17). The van der Waals surface area contributed by atoms with Crippen molar-refractivity contribution < 1.29 is 19.6 Å². The minimum absolute atomic E-state index is 0.124. The summed E-state index contributed by atoms with van der Waals surface area (Å²) in [7, 11) is 1.39. The molecule has 110 valence electrons. The number of carbonyl (C=O) groups is 1. The van der Waals surface area contributed by atoms with Crippen LogP contribution in [0.15, 0.2) is 18.2 Å². The Morgan fingerprint density at radius 1 is 1.55 bits per heavy atom. The molecule has 2 N–H and O–H groups in total. The molecule has 1 aromatic rings. The van der Waals surface area contributed by atoms with E-state index < -0.39 is 16.9 Å². The minimum Gasteiger partial charge on any atom is -0.496 e. The van der Waals surface area contributed by atoms with E-state index in [-0.39, 0.29) is 17.0 Å². The van der Waals surface area contributed by atoms with Crippen LogP contribution in [-0.4, -0.2) is 35.7 Å². The van der Waals surface area contributed by atoms with Crippen LogP contribution in [0.25, 0.3) is 0 Å². The highest BCUT2D eigenvalue weighted by Gasteiger charge is 2.17. The van der Waals surface area contributed by atoms with Gasteiger partial charge in [-0.05, 0) is 25.8 Å². The third kappa shape index (κ3) is 4.51. The van der Waals surface area contributed by atoms with Gasteiger partial charge in [-0.25, -0.2) is 0 Å². The zero-order chi connectivity index (χ0) is 15.1. The quantitative estimate of drug-likeness (QED) is 0.448. The maximum absolute atomic E-state index is 12.0. The summed E-state index contributed by atoms with van der Waals surface area (Å²) in [6.07, 6.45) is 0.784. The van der Waals surface area contributed by atoms with Gasteiger partial charge in [0, 0.05) is 18.7 Å². The molecule has 0 aliphatic heterocycles. The number of nitrogens with one attached hydrogen (secondary N) is 1. The first kappa shape index (κ1) is 15.9. The summed E-state index contributed by atoms with van der Waals surface area (Å²) in [5.74, 6) is -0.153. The summed E-state index contributed by atoms with van der Waals surface area (Å²) in [6, 6.07) is 3.86. The average Bonchev–Trinajstić information content (AvgIpc) is 2.42. The molecule has 0 aromatic heterocycles. The first-order valence-electron chi connectivity index (χ1n) is 6.24. The summed E-state index contributed by atoms with van der Waals surface area (Å²) in [5.41, 5.74) is -0.0429. The third-order valence-corrected chi connectivity index (χ3v) is 2.72. The minimum atomic E-state index is -0.566. The van der Waals surface area contributed by atoms with Crippen molar-refractivity contribution in [1.82, 2.24) is 5.32 Å². The molecule has 0 aliphatic carbocycles. The van der Waals surface area contributed by atoms with Crippen LogP contribution in [-0.2, 0) is 0 Å². The molecule has 0 saturated heterocycles. The van der Waals surface area contributed by atoms with Gasteiger partial charge in [0.25, 0.3) is 11.6 Å².